The molecule has 5 nitrogen and oxygen atoms in total. The second kappa shape index (κ2) is 5.14. The molecule has 0 aliphatic carbocycles. The minimum atomic E-state index is -4.44. The molecule has 0 bridgehead atoms. The van der Waals surface area contributed by atoms with Crippen molar-refractivity contribution in [1.82, 2.24) is 10.1 Å². The van der Waals surface area contributed by atoms with Crippen LogP contribution in [0.5, 0.6) is 0 Å². The number of rotatable bonds is 2. The van der Waals surface area contributed by atoms with Gasteiger partial charge in [-0.25, -0.2) is 4.98 Å². The van der Waals surface area contributed by atoms with Crippen LogP contribution in [0, 0.1) is 0 Å². The lowest BCUT2D eigenvalue weighted by atomic mass is 10.1. The molecular weight excluding hydrogens is 299 g/mol. The van der Waals surface area contributed by atoms with Gasteiger partial charge in [-0.15, -0.1) is 0 Å². The standard InChI is InChI=1S/C14H8F3N3O2/c15-14(16,17)9-5-3-8(4-6-9)12(21)19-11-10-2-1-7-18-13(10)22-20-11/h1-7H,(H,19,20,21). The first-order chi connectivity index (χ1) is 10.4. The Morgan fingerprint density at radius 2 is 1.86 bits per heavy atom. The molecule has 0 atom stereocenters. The van der Waals surface area contributed by atoms with Crippen molar-refractivity contribution in [2.24, 2.45) is 0 Å². The van der Waals surface area contributed by atoms with Gasteiger partial charge in [0.1, 0.15) is 0 Å². The van der Waals surface area contributed by atoms with Crippen LogP contribution in [-0.4, -0.2) is 16.0 Å². The summed E-state index contributed by atoms with van der Waals surface area (Å²) in [4.78, 5) is 15.9. The van der Waals surface area contributed by atoms with Crippen LogP contribution in [0.1, 0.15) is 15.9 Å². The molecule has 2 aromatic heterocycles. The van der Waals surface area contributed by atoms with Gasteiger partial charge < -0.3 is 9.84 Å². The maximum Gasteiger partial charge on any atom is 0.416 e. The third-order valence-corrected chi connectivity index (χ3v) is 2.96. The number of benzene rings is 1. The zero-order valence-electron chi connectivity index (χ0n) is 10.9. The number of carbonyl (C=O) groups excluding carboxylic acids is 1. The average Bonchev–Trinajstić information content (AvgIpc) is 2.90. The highest BCUT2D eigenvalue weighted by Crippen LogP contribution is 2.29. The maximum atomic E-state index is 12.5. The van der Waals surface area contributed by atoms with Crippen LogP contribution in [-0.2, 0) is 6.18 Å². The second-order valence-electron chi connectivity index (χ2n) is 4.42. The van der Waals surface area contributed by atoms with E-state index in [-0.39, 0.29) is 17.1 Å². The Bertz CT molecular complexity index is 825. The van der Waals surface area contributed by atoms with Crippen LogP contribution in [0.3, 0.4) is 0 Å². The van der Waals surface area contributed by atoms with E-state index in [0.717, 1.165) is 24.3 Å². The lowest BCUT2D eigenvalue weighted by Crippen LogP contribution is -2.13. The monoisotopic (exact) mass is 307 g/mol. The summed E-state index contributed by atoms with van der Waals surface area (Å²) in [6, 6.07) is 7.18. The van der Waals surface area contributed by atoms with Crippen LogP contribution >= 0.6 is 0 Å². The van der Waals surface area contributed by atoms with Crippen LogP contribution in [0.15, 0.2) is 47.1 Å². The van der Waals surface area contributed by atoms with Crippen molar-refractivity contribution in [1.29, 1.82) is 0 Å². The lowest BCUT2D eigenvalue weighted by molar-refractivity contribution is -0.137. The van der Waals surface area contributed by atoms with Gasteiger partial charge >= 0.3 is 6.18 Å². The van der Waals surface area contributed by atoms with Crippen molar-refractivity contribution in [3.63, 3.8) is 0 Å². The molecule has 112 valence electrons. The van der Waals surface area contributed by atoms with E-state index in [4.69, 9.17) is 4.52 Å². The van der Waals surface area contributed by atoms with Crippen LogP contribution in [0.25, 0.3) is 11.1 Å². The SMILES string of the molecule is O=C(Nc1noc2ncccc12)c1ccc(C(F)(F)F)cc1. The molecule has 0 aliphatic rings. The summed E-state index contributed by atoms with van der Waals surface area (Å²) in [6.45, 7) is 0. The van der Waals surface area contributed by atoms with Crippen molar-refractivity contribution < 1.29 is 22.5 Å². The Kier molecular flexibility index (Phi) is 3.28. The maximum absolute atomic E-state index is 12.5. The summed E-state index contributed by atoms with van der Waals surface area (Å²) < 4.78 is 42.3. The quantitative estimate of drug-likeness (QED) is 0.787. The van der Waals surface area contributed by atoms with E-state index in [9.17, 15) is 18.0 Å². The summed E-state index contributed by atoms with van der Waals surface area (Å²) in [5, 5.41) is 6.65. The Morgan fingerprint density at radius 3 is 2.55 bits per heavy atom. The number of anilines is 1. The van der Waals surface area contributed by atoms with Gasteiger partial charge in [0.25, 0.3) is 11.6 Å². The van der Waals surface area contributed by atoms with Gasteiger partial charge in [-0.2, -0.15) is 13.2 Å². The molecule has 8 heteroatoms. The largest absolute Gasteiger partial charge is 0.416 e. The highest BCUT2D eigenvalue weighted by atomic mass is 19.4. The van der Waals surface area contributed by atoms with E-state index in [1.807, 2.05) is 0 Å². The van der Waals surface area contributed by atoms with E-state index in [1.165, 1.54) is 6.20 Å². The summed E-state index contributed by atoms with van der Waals surface area (Å²) in [5.41, 5.74) is -0.488. The number of halogens is 3. The molecule has 1 N–H and O–H groups in total. The molecule has 1 aromatic carbocycles. The third-order valence-electron chi connectivity index (χ3n) is 2.96. The minimum absolute atomic E-state index is 0.0769. The Labute approximate surface area is 121 Å². The van der Waals surface area contributed by atoms with E-state index >= 15 is 0 Å². The van der Waals surface area contributed by atoms with Crippen molar-refractivity contribution >= 4 is 22.8 Å². The van der Waals surface area contributed by atoms with E-state index in [0.29, 0.717) is 5.39 Å². The number of nitrogens with zero attached hydrogens (tertiary/aromatic N) is 2. The predicted octanol–water partition coefficient (Wildman–Crippen LogP) is 3.49. The third kappa shape index (κ3) is 2.62. The Hall–Kier alpha value is -2.90. The molecule has 0 unspecified atom stereocenters. The number of hydrogen-bond donors (Lipinski definition) is 1. The van der Waals surface area contributed by atoms with Gasteiger partial charge in [-0.3, -0.25) is 4.79 Å². The van der Waals surface area contributed by atoms with Gasteiger partial charge in [-0.05, 0) is 36.4 Å². The molecule has 0 fully saturated rings. The normalized spacial score (nSPS) is 11.6. The number of hydrogen-bond acceptors (Lipinski definition) is 4. The number of alkyl halides is 3. The molecule has 2 heterocycles. The fourth-order valence-corrected chi connectivity index (χ4v) is 1.86. The van der Waals surface area contributed by atoms with Gasteiger partial charge in [0.15, 0.2) is 5.82 Å². The number of carbonyl (C=O) groups is 1. The zero-order chi connectivity index (χ0) is 15.7. The first-order valence-corrected chi connectivity index (χ1v) is 6.14. The molecule has 3 rings (SSSR count). The highest BCUT2D eigenvalue weighted by molar-refractivity contribution is 6.07. The molecule has 3 aromatic rings. The molecule has 1 amide bonds. The van der Waals surface area contributed by atoms with Crippen molar-refractivity contribution in [3.8, 4) is 0 Å². The van der Waals surface area contributed by atoms with Crippen molar-refractivity contribution in [3.05, 3.63) is 53.7 Å². The van der Waals surface area contributed by atoms with Gasteiger partial charge in [0.05, 0.1) is 10.9 Å². The van der Waals surface area contributed by atoms with Crippen LogP contribution < -0.4 is 5.32 Å². The molecule has 22 heavy (non-hydrogen) atoms. The minimum Gasteiger partial charge on any atom is -0.334 e. The summed E-state index contributed by atoms with van der Waals surface area (Å²) in [5.74, 6) is -0.430. The second-order valence-corrected chi connectivity index (χ2v) is 4.42. The van der Waals surface area contributed by atoms with Gasteiger partial charge in [0, 0.05) is 11.8 Å². The van der Waals surface area contributed by atoms with Crippen molar-refractivity contribution in [2.45, 2.75) is 6.18 Å². The van der Waals surface area contributed by atoms with E-state index in [2.05, 4.69) is 15.5 Å². The molecular formula is C14H8F3N3O2. The highest BCUT2D eigenvalue weighted by Gasteiger charge is 2.30. The Morgan fingerprint density at radius 1 is 1.14 bits per heavy atom. The summed E-state index contributed by atoms with van der Waals surface area (Å²) in [7, 11) is 0. The number of fused-ring (bicyclic) bond motifs is 1. The smallest absolute Gasteiger partial charge is 0.334 e. The van der Waals surface area contributed by atoms with Gasteiger partial charge in [-0.1, -0.05) is 5.16 Å². The molecule has 0 aliphatic heterocycles. The summed E-state index contributed by atoms with van der Waals surface area (Å²) in [6.07, 6.45) is -2.93. The summed E-state index contributed by atoms with van der Waals surface area (Å²) >= 11 is 0. The Balaban J connectivity index is 1.83. The topological polar surface area (TPSA) is 68.0 Å². The molecule has 0 radical (unpaired) electrons. The van der Waals surface area contributed by atoms with Crippen LogP contribution in [0.2, 0.25) is 0 Å². The van der Waals surface area contributed by atoms with E-state index < -0.39 is 17.6 Å². The molecule has 0 saturated heterocycles. The predicted molar refractivity (Wildman–Crippen MR) is 71.2 cm³/mol. The zero-order valence-corrected chi connectivity index (χ0v) is 10.9. The average molecular weight is 307 g/mol. The van der Waals surface area contributed by atoms with E-state index in [1.54, 1.807) is 12.1 Å². The van der Waals surface area contributed by atoms with Crippen LogP contribution in [0.4, 0.5) is 19.0 Å². The van der Waals surface area contributed by atoms with Gasteiger partial charge in [0.2, 0.25) is 0 Å². The van der Waals surface area contributed by atoms with Crippen molar-refractivity contribution in [2.75, 3.05) is 5.32 Å². The number of amides is 1. The fourth-order valence-electron chi connectivity index (χ4n) is 1.86. The lowest BCUT2D eigenvalue weighted by Gasteiger charge is -2.07. The molecule has 0 spiro atoms. The number of pyridine rings is 1. The molecule has 0 saturated carbocycles. The number of nitrogens with one attached hydrogen (secondary N) is 1. The fraction of sp³-hybridized carbons (Fsp3) is 0.0714. The number of aromatic nitrogens is 2. The first-order valence-electron chi connectivity index (χ1n) is 6.14. The first kappa shape index (κ1) is 14.1.